The fraction of sp³-hybridized carbons (Fsp3) is 0.733. The highest BCUT2D eigenvalue weighted by Gasteiger charge is 2.24. The Hall–Kier alpha value is -0.413. The Bertz CT molecular complexity index is 258. The lowest BCUT2D eigenvalue weighted by atomic mass is 9.93. The summed E-state index contributed by atoms with van der Waals surface area (Å²) in [7, 11) is -1.59. The maximum atomic E-state index is 13.5. The molecule has 0 aromatic rings. The van der Waals surface area contributed by atoms with E-state index in [9.17, 15) is 4.39 Å². The van der Waals surface area contributed by atoms with E-state index in [1.165, 1.54) is 0 Å². The monoisotopic (exact) mass is 272 g/mol. The van der Waals surface area contributed by atoms with Crippen LogP contribution in [0.1, 0.15) is 39.0 Å². The molecule has 2 atom stereocenters. The van der Waals surface area contributed by atoms with Crippen molar-refractivity contribution < 1.29 is 8.82 Å². The Labute approximate surface area is 113 Å². The molecular weight excluding hydrogens is 243 g/mol. The first kappa shape index (κ1) is 17.6. The van der Waals surface area contributed by atoms with Gasteiger partial charge < -0.3 is 4.43 Å². The second-order valence-corrected chi connectivity index (χ2v) is 10.4. The Balaban J connectivity index is 4.49. The summed E-state index contributed by atoms with van der Waals surface area (Å²) in [6.07, 6.45) is 6.47. The van der Waals surface area contributed by atoms with Crippen molar-refractivity contribution in [3.8, 4) is 0 Å². The van der Waals surface area contributed by atoms with Gasteiger partial charge in [0.05, 0.1) is 5.83 Å². The van der Waals surface area contributed by atoms with E-state index < -0.39 is 8.32 Å². The van der Waals surface area contributed by atoms with Gasteiger partial charge in [0.2, 0.25) is 0 Å². The predicted molar refractivity (Wildman–Crippen MR) is 80.9 cm³/mol. The quantitative estimate of drug-likeness (QED) is 0.379. The predicted octanol–water partition coefficient (Wildman–Crippen LogP) is 5.46. The molecule has 0 rings (SSSR count). The van der Waals surface area contributed by atoms with Gasteiger partial charge in [-0.1, -0.05) is 32.4 Å². The molecule has 0 aliphatic heterocycles. The minimum Gasteiger partial charge on any atom is -0.414 e. The van der Waals surface area contributed by atoms with E-state index in [0.29, 0.717) is 0 Å². The summed E-state index contributed by atoms with van der Waals surface area (Å²) >= 11 is 0. The van der Waals surface area contributed by atoms with Crippen LogP contribution in [-0.4, -0.2) is 14.4 Å². The molecule has 0 saturated carbocycles. The molecular formula is C15H29FOSi. The minimum absolute atomic E-state index is 0.0637. The zero-order valence-corrected chi connectivity index (χ0v) is 13.5. The molecule has 3 heteroatoms. The topological polar surface area (TPSA) is 9.23 Å². The summed E-state index contributed by atoms with van der Waals surface area (Å²) < 4.78 is 19.6. The number of hydrogen-bond donors (Lipinski definition) is 0. The smallest absolute Gasteiger partial charge is 0.184 e. The largest absolute Gasteiger partial charge is 0.414 e. The minimum atomic E-state index is -1.59. The zero-order chi connectivity index (χ0) is 14.2. The van der Waals surface area contributed by atoms with Gasteiger partial charge in [-0.05, 0) is 38.9 Å². The fourth-order valence-electron chi connectivity index (χ4n) is 2.05. The standard InChI is InChI=1S/C15H29FOSi/c1-7-9-11-14(13(3)16)12-15(10-8-2)17-18(4,5)6/h8,14-15H,2-3,7,9-12H2,1,4-6H3. The van der Waals surface area contributed by atoms with Crippen LogP contribution in [0.15, 0.2) is 25.1 Å². The van der Waals surface area contributed by atoms with E-state index in [1.54, 1.807) is 0 Å². The maximum Gasteiger partial charge on any atom is 0.184 e. The van der Waals surface area contributed by atoms with Crippen LogP contribution >= 0.6 is 0 Å². The summed E-state index contributed by atoms with van der Waals surface area (Å²) in [6, 6.07) is 0. The molecule has 0 N–H and O–H groups in total. The van der Waals surface area contributed by atoms with Gasteiger partial charge in [-0.2, -0.15) is 0 Å². The molecule has 0 aliphatic carbocycles. The number of unbranched alkanes of at least 4 members (excludes halogenated alkanes) is 1. The lowest BCUT2D eigenvalue weighted by Gasteiger charge is -2.28. The maximum absolute atomic E-state index is 13.5. The summed E-state index contributed by atoms with van der Waals surface area (Å²) in [5, 5.41) is 0. The lowest BCUT2D eigenvalue weighted by molar-refractivity contribution is 0.161. The Morgan fingerprint density at radius 2 is 2.00 bits per heavy atom. The van der Waals surface area contributed by atoms with Crippen LogP contribution in [-0.2, 0) is 4.43 Å². The van der Waals surface area contributed by atoms with Crippen LogP contribution in [0.25, 0.3) is 0 Å². The van der Waals surface area contributed by atoms with Crippen LogP contribution in [0.5, 0.6) is 0 Å². The van der Waals surface area contributed by atoms with Crippen LogP contribution in [0.3, 0.4) is 0 Å². The van der Waals surface area contributed by atoms with E-state index in [-0.39, 0.29) is 17.8 Å². The van der Waals surface area contributed by atoms with Gasteiger partial charge in [0.15, 0.2) is 8.32 Å². The lowest BCUT2D eigenvalue weighted by Crippen LogP contribution is -2.33. The Kier molecular flexibility index (Phi) is 8.45. The molecule has 106 valence electrons. The Morgan fingerprint density at radius 3 is 2.39 bits per heavy atom. The van der Waals surface area contributed by atoms with E-state index in [0.717, 1.165) is 32.1 Å². The highest BCUT2D eigenvalue weighted by atomic mass is 28.4. The fourth-order valence-corrected chi connectivity index (χ4v) is 3.24. The molecule has 0 amide bonds. The second kappa shape index (κ2) is 8.65. The SMILES string of the molecule is C=CCC(CC(CCCC)C(=C)F)O[Si](C)(C)C. The van der Waals surface area contributed by atoms with Crippen molar-refractivity contribution in [3.05, 3.63) is 25.1 Å². The summed E-state index contributed by atoms with van der Waals surface area (Å²) in [5.41, 5.74) is 0. The normalized spacial score (nSPS) is 15.2. The number of rotatable bonds is 10. The summed E-state index contributed by atoms with van der Waals surface area (Å²) in [4.78, 5) is 0. The van der Waals surface area contributed by atoms with Crippen molar-refractivity contribution in [2.75, 3.05) is 0 Å². The van der Waals surface area contributed by atoms with Crippen molar-refractivity contribution >= 4 is 8.32 Å². The average molecular weight is 272 g/mol. The average Bonchev–Trinajstić information content (AvgIpc) is 2.21. The van der Waals surface area contributed by atoms with Gasteiger partial charge in [0.25, 0.3) is 0 Å². The van der Waals surface area contributed by atoms with Crippen molar-refractivity contribution in [1.29, 1.82) is 0 Å². The van der Waals surface area contributed by atoms with Crippen molar-refractivity contribution in [1.82, 2.24) is 0 Å². The molecule has 0 saturated heterocycles. The first-order valence-corrected chi connectivity index (χ1v) is 10.3. The second-order valence-electron chi connectivity index (χ2n) is 5.90. The number of hydrogen-bond acceptors (Lipinski definition) is 1. The highest BCUT2D eigenvalue weighted by molar-refractivity contribution is 6.69. The molecule has 0 radical (unpaired) electrons. The van der Waals surface area contributed by atoms with Crippen LogP contribution < -0.4 is 0 Å². The Morgan fingerprint density at radius 1 is 1.39 bits per heavy atom. The molecule has 0 spiro atoms. The molecule has 0 aromatic carbocycles. The van der Waals surface area contributed by atoms with E-state index in [1.807, 2.05) is 6.08 Å². The van der Waals surface area contributed by atoms with Gasteiger partial charge in [0.1, 0.15) is 0 Å². The summed E-state index contributed by atoms with van der Waals surface area (Å²) in [6.45, 7) is 15.9. The van der Waals surface area contributed by atoms with Gasteiger partial charge in [-0.3, -0.25) is 0 Å². The highest BCUT2D eigenvalue weighted by Crippen LogP contribution is 2.27. The molecule has 0 heterocycles. The number of halogens is 1. The third kappa shape index (κ3) is 8.64. The van der Waals surface area contributed by atoms with Gasteiger partial charge in [-0.25, -0.2) is 4.39 Å². The van der Waals surface area contributed by atoms with E-state index in [4.69, 9.17) is 4.43 Å². The summed E-state index contributed by atoms with van der Waals surface area (Å²) in [5.74, 6) is -0.261. The molecule has 0 aliphatic rings. The molecule has 1 nitrogen and oxygen atoms in total. The first-order valence-electron chi connectivity index (χ1n) is 6.93. The third-order valence-corrected chi connectivity index (χ3v) is 3.89. The molecule has 18 heavy (non-hydrogen) atoms. The van der Waals surface area contributed by atoms with E-state index in [2.05, 4.69) is 39.7 Å². The van der Waals surface area contributed by atoms with Crippen molar-refractivity contribution in [2.45, 2.75) is 64.8 Å². The first-order chi connectivity index (χ1) is 8.30. The zero-order valence-electron chi connectivity index (χ0n) is 12.5. The molecule has 0 fully saturated rings. The van der Waals surface area contributed by atoms with E-state index >= 15 is 0 Å². The van der Waals surface area contributed by atoms with Crippen molar-refractivity contribution in [3.63, 3.8) is 0 Å². The van der Waals surface area contributed by atoms with Crippen molar-refractivity contribution in [2.24, 2.45) is 5.92 Å². The molecule has 0 aromatic heterocycles. The van der Waals surface area contributed by atoms with Gasteiger partial charge in [0, 0.05) is 12.0 Å². The number of allylic oxidation sites excluding steroid dienone is 1. The van der Waals surface area contributed by atoms with Crippen LogP contribution in [0.2, 0.25) is 19.6 Å². The van der Waals surface area contributed by atoms with Gasteiger partial charge >= 0.3 is 0 Å². The molecule has 2 unspecified atom stereocenters. The third-order valence-electron chi connectivity index (χ3n) is 2.85. The van der Waals surface area contributed by atoms with Crippen LogP contribution in [0, 0.1) is 5.92 Å². The molecule has 0 bridgehead atoms. The van der Waals surface area contributed by atoms with Crippen LogP contribution in [0.4, 0.5) is 4.39 Å². The van der Waals surface area contributed by atoms with Gasteiger partial charge in [-0.15, -0.1) is 6.58 Å².